The van der Waals surface area contributed by atoms with Gasteiger partial charge in [-0.25, -0.2) is 0 Å². The molecule has 0 saturated carbocycles. The van der Waals surface area contributed by atoms with Crippen molar-refractivity contribution < 1.29 is 9.59 Å². The summed E-state index contributed by atoms with van der Waals surface area (Å²) in [7, 11) is 0. The number of hydrogen-bond acceptors (Lipinski definition) is 3. The summed E-state index contributed by atoms with van der Waals surface area (Å²) in [6, 6.07) is 15.0. The topological polar surface area (TPSA) is 61.4 Å². The summed E-state index contributed by atoms with van der Waals surface area (Å²) in [5.74, 6) is -0.227. The highest BCUT2D eigenvalue weighted by molar-refractivity contribution is 6.00. The number of anilines is 2. The Balaban J connectivity index is 1.63. The molecule has 1 heterocycles. The SMILES string of the molecule is CCN(CC)c1ccc(NC(=O)C[C@H]2NC(=O)c3ccccc32)cc1. The van der Waals surface area contributed by atoms with Crippen molar-refractivity contribution in [3.05, 3.63) is 59.7 Å². The van der Waals surface area contributed by atoms with Gasteiger partial charge < -0.3 is 15.5 Å². The lowest BCUT2D eigenvalue weighted by Gasteiger charge is -2.21. The average Bonchev–Trinajstić information content (AvgIpc) is 2.93. The molecule has 2 aromatic carbocycles. The van der Waals surface area contributed by atoms with E-state index in [2.05, 4.69) is 29.4 Å². The summed E-state index contributed by atoms with van der Waals surface area (Å²) in [5, 5.41) is 5.78. The molecule has 2 amide bonds. The van der Waals surface area contributed by atoms with Gasteiger partial charge in [0.1, 0.15) is 0 Å². The highest BCUT2D eigenvalue weighted by Gasteiger charge is 2.29. The summed E-state index contributed by atoms with van der Waals surface area (Å²) in [6.07, 6.45) is 0.223. The zero-order valence-corrected chi connectivity index (χ0v) is 14.6. The van der Waals surface area contributed by atoms with E-state index in [9.17, 15) is 9.59 Å². The Morgan fingerprint density at radius 1 is 1.08 bits per heavy atom. The number of amides is 2. The van der Waals surface area contributed by atoms with Crippen molar-refractivity contribution >= 4 is 23.2 Å². The van der Waals surface area contributed by atoms with Crippen LogP contribution in [0.25, 0.3) is 0 Å². The zero-order chi connectivity index (χ0) is 17.8. The maximum Gasteiger partial charge on any atom is 0.252 e. The first-order chi connectivity index (χ1) is 12.1. The summed E-state index contributed by atoms with van der Waals surface area (Å²) >= 11 is 0. The molecule has 3 rings (SSSR count). The minimum absolute atomic E-state index is 0.113. The van der Waals surface area contributed by atoms with Crippen LogP contribution in [-0.4, -0.2) is 24.9 Å². The number of carbonyl (C=O) groups is 2. The molecule has 130 valence electrons. The van der Waals surface area contributed by atoms with E-state index in [4.69, 9.17) is 0 Å². The fraction of sp³-hybridized carbons (Fsp3) is 0.300. The van der Waals surface area contributed by atoms with Gasteiger partial charge in [0.15, 0.2) is 0 Å². The van der Waals surface area contributed by atoms with Crippen molar-refractivity contribution in [2.75, 3.05) is 23.3 Å². The fourth-order valence-electron chi connectivity index (χ4n) is 3.22. The van der Waals surface area contributed by atoms with Gasteiger partial charge in [-0.15, -0.1) is 0 Å². The van der Waals surface area contributed by atoms with Gasteiger partial charge in [0.2, 0.25) is 5.91 Å². The van der Waals surface area contributed by atoms with E-state index in [1.807, 2.05) is 42.5 Å². The van der Waals surface area contributed by atoms with Gasteiger partial charge in [-0.1, -0.05) is 18.2 Å². The van der Waals surface area contributed by atoms with Crippen molar-refractivity contribution in [1.29, 1.82) is 0 Å². The molecule has 0 aliphatic carbocycles. The maximum atomic E-state index is 12.3. The lowest BCUT2D eigenvalue weighted by molar-refractivity contribution is -0.116. The highest BCUT2D eigenvalue weighted by atomic mass is 16.2. The molecule has 1 aliphatic rings. The van der Waals surface area contributed by atoms with Crippen LogP contribution in [-0.2, 0) is 4.79 Å². The second-order valence-corrected chi connectivity index (χ2v) is 6.08. The molecule has 0 radical (unpaired) electrons. The van der Waals surface area contributed by atoms with Crippen LogP contribution in [0.15, 0.2) is 48.5 Å². The Kier molecular flexibility index (Phi) is 5.03. The molecule has 1 atom stereocenters. The van der Waals surface area contributed by atoms with Crippen molar-refractivity contribution in [1.82, 2.24) is 5.32 Å². The molecule has 0 aromatic heterocycles. The van der Waals surface area contributed by atoms with E-state index >= 15 is 0 Å². The van der Waals surface area contributed by atoms with E-state index < -0.39 is 0 Å². The molecule has 2 aromatic rings. The highest BCUT2D eigenvalue weighted by Crippen LogP contribution is 2.28. The van der Waals surface area contributed by atoms with Gasteiger partial charge in [0, 0.05) is 30.0 Å². The van der Waals surface area contributed by atoms with E-state index in [0.717, 1.165) is 30.0 Å². The summed E-state index contributed by atoms with van der Waals surface area (Å²) < 4.78 is 0. The number of hydrogen-bond donors (Lipinski definition) is 2. The number of benzene rings is 2. The van der Waals surface area contributed by atoms with E-state index in [1.54, 1.807) is 6.07 Å². The average molecular weight is 337 g/mol. The van der Waals surface area contributed by atoms with Gasteiger partial charge in [-0.2, -0.15) is 0 Å². The molecule has 5 nitrogen and oxygen atoms in total. The van der Waals surface area contributed by atoms with E-state index in [0.29, 0.717) is 5.56 Å². The number of nitrogens with zero attached hydrogens (tertiary/aromatic N) is 1. The third-order valence-corrected chi connectivity index (χ3v) is 4.56. The standard InChI is InChI=1S/C20H23N3O2/c1-3-23(4-2)15-11-9-14(10-12-15)21-19(24)13-18-16-7-5-6-8-17(16)20(25)22-18/h5-12,18H,3-4,13H2,1-2H3,(H,21,24)(H,22,25)/t18-/m1/s1. The quantitative estimate of drug-likeness (QED) is 0.850. The number of fused-ring (bicyclic) bond motifs is 1. The first-order valence-electron chi connectivity index (χ1n) is 8.67. The van der Waals surface area contributed by atoms with Crippen molar-refractivity contribution in [2.45, 2.75) is 26.3 Å². The van der Waals surface area contributed by atoms with Crippen molar-refractivity contribution in [3.63, 3.8) is 0 Å². The van der Waals surface area contributed by atoms with Crippen LogP contribution in [0.5, 0.6) is 0 Å². The molecule has 0 spiro atoms. The predicted molar refractivity (Wildman–Crippen MR) is 99.9 cm³/mol. The third-order valence-electron chi connectivity index (χ3n) is 4.56. The van der Waals surface area contributed by atoms with Gasteiger partial charge in [0.25, 0.3) is 5.91 Å². The smallest absolute Gasteiger partial charge is 0.252 e. The Morgan fingerprint density at radius 2 is 1.76 bits per heavy atom. The lowest BCUT2D eigenvalue weighted by atomic mass is 10.0. The number of nitrogens with one attached hydrogen (secondary N) is 2. The molecule has 0 fully saturated rings. The Bertz CT molecular complexity index is 767. The molecule has 0 unspecified atom stereocenters. The van der Waals surface area contributed by atoms with Crippen LogP contribution in [0.3, 0.4) is 0 Å². The van der Waals surface area contributed by atoms with Crippen LogP contribution < -0.4 is 15.5 Å². The van der Waals surface area contributed by atoms with Gasteiger partial charge in [0.05, 0.1) is 12.5 Å². The third kappa shape index (κ3) is 3.65. The van der Waals surface area contributed by atoms with Gasteiger partial charge in [-0.05, 0) is 49.7 Å². The molecule has 1 aliphatic heterocycles. The Morgan fingerprint density at radius 3 is 2.44 bits per heavy atom. The largest absolute Gasteiger partial charge is 0.372 e. The minimum atomic E-state index is -0.265. The predicted octanol–water partition coefficient (Wildman–Crippen LogP) is 3.35. The maximum absolute atomic E-state index is 12.3. The molecule has 2 N–H and O–H groups in total. The molecular formula is C20H23N3O2. The molecule has 0 saturated heterocycles. The van der Waals surface area contributed by atoms with Crippen molar-refractivity contribution in [2.24, 2.45) is 0 Å². The minimum Gasteiger partial charge on any atom is -0.372 e. The summed E-state index contributed by atoms with van der Waals surface area (Å²) in [6.45, 7) is 6.13. The summed E-state index contributed by atoms with van der Waals surface area (Å²) in [4.78, 5) is 26.5. The lowest BCUT2D eigenvalue weighted by Crippen LogP contribution is -2.24. The Labute approximate surface area is 148 Å². The van der Waals surface area contributed by atoms with Crippen LogP contribution in [0.2, 0.25) is 0 Å². The first kappa shape index (κ1) is 17.0. The van der Waals surface area contributed by atoms with E-state index in [-0.39, 0.29) is 24.3 Å². The first-order valence-corrected chi connectivity index (χ1v) is 8.67. The van der Waals surface area contributed by atoms with Crippen molar-refractivity contribution in [3.8, 4) is 0 Å². The van der Waals surface area contributed by atoms with Crippen LogP contribution in [0.4, 0.5) is 11.4 Å². The summed E-state index contributed by atoms with van der Waals surface area (Å²) in [5.41, 5.74) is 3.45. The van der Waals surface area contributed by atoms with Crippen LogP contribution in [0, 0.1) is 0 Å². The Hall–Kier alpha value is -2.82. The molecule has 5 heteroatoms. The molecule has 25 heavy (non-hydrogen) atoms. The van der Waals surface area contributed by atoms with Crippen LogP contribution in [0.1, 0.15) is 42.2 Å². The molecular weight excluding hydrogens is 314 g/mol. The number of rotatable bonds is 6. The normalized spacial score (nSPS) is 15.4. The second-order valence-electron chi connectivity index (χ2n) is 6.08. The monoisotopic (exact) mass is 337 g/mol. The molecule has 0 bridgehead atoms. The zero-order valence-electron chi connectivity index (χ0n) is 14.6. The van der Waals surface area contributed by atoms with Gasteiger partial charge in [-0.3, -0.25) is 9.59 Å². The fourth-order valence-corrected chi connectivity index (χ4v) is 3.22. The van der Waals surface area contributed by atoms with Gasteiger partial charge >= 0.3 is 0 Å². The van der Waals surface area contributed by atoms with Crippen LogP contribution >= 0.6 is 0 Å². The second kappa shape index (κ2) is 7.38. The van der Waals surface area contributed by atoms with E-state index in [1.165, 1.54) is 0 Å². The number of carbonyl (C=O) groups excluding carboxylic acids is 2.